The van der Waals surface area contributed by atoms with E-state index in [-0.39, 0.29) is 6.10 Å². The van der Waals surface area contributed by atoms with E-state index in [2.05, 4.69) is 19.1 Å². The average Bonchev–Trinajstić information content (AvgIpc) is 2.32. The summed E-state index contributed by atoms with van der Waals surface area (Å²) in [5, 5.41) is 9.44. The molecule has 11 heavy (non-hydrogen) atoms. The molecule has 0 saturated carbocycles. The van der Waals surface area contributed by atoms with Crippen LogP contribution in [0.15, 0.2) is 12.1 Å². The van der Waals surface area contributed by atoms with Crippen molar-refractivity contribution >= 4 is 0 Å². The van der Waals surface area contributed by atoms with Gasteiger partial charge in [-0.2, -0.15) is 0 Å². The number of aliphatic hydroxyl groups excluding tert-OH is 1. The van der Waals surface area contributed by atoms with Crippen molar-refractivity contribution in [3.05, 3.63) is 34.9 Å². The van der Waals surface area contributed by atoms with Crippen LogP contribution in [0.25, 0.3) is 0 Å². The van der Waals surface area contributed by atoms with Gasteiger partial charge in [0.05, 0.1) is 6.10 Å². The van der Waals surface area contributed by atoms with Crippen LogP contribution < -0.4 is 0 Å². The fraction of sp³-hybridized carbons (Fsp3) is 0.400. The molecule has 1 atom stereocenters. The van der Waals surface area contributed by atoms with E-state index in [1.165, 1.54) is 11.1 Å². The highest BCUT2D eigenvalue weighted by molar-refractivity contribution is 5.35. The molecule has 0 amide bonds. The van der Waals surface area contributed by atoms with Crippen molar-refractivity contribution in [2.24, 2.45) is 0 Å². The van der Waals surface area contributed by atoms with Crippen LogP contribution in [0.1, 0.15) is 29.2 Å². The van der Waals surface area contributed by atoms with Gasteiger partial charge in [0, 0.05) is 0 Å². The van der Waals surface area contributed by atoms with Crippen LogP contribution in [-0.2, 0) is 6.42 Å². The number of rotatable bonds is 0. The summed E-state index contributed by atoms with van der Waals surface area (Å²) >= 11 is 0. The molecule has 0 aliphatic heterocycles. The summed E-state index contributed by atoms with van der Waals surface area (Å²) in [6.07, 6.45) is 1.62. The zero-order valence-electron chi connectivity index (χ0n) is 6.59. The molecule has 1 nitrogen and oxygen atoms in total. The molecule has 0 saturated heterocycles. The second-order valence-corrected chi connectivity index (χ2v) is 3.17. The summed E-state index contributed by atoms with van der Waals surface area (Å²) in [5.41, 5.74) is 3.52. The number of aryl methyl sites for hydroxylation is 2. The number of fused-ring (bicyclic) bond motifs is 1. The van der Waals surface area contributed by atoms with Crippen molar-refractivity contribution in [3.8, 4) is 0 Å². The molecule has 2 rings (SSSR count). The Balaban J connectivity index is 2.50. The predicted molar refractivity (Wildman–Crippen MR) is 43.3 cm³/mol. The SMILES string of the molecule is Cc1c[c]c2c(c1)CCC2O. The normalized spacial score (nSPS) is 21.8. The van der Waals surface area contributed by atoms with Gasteiger partial charge in [0.1, 0.15) is 0 Å². The highest BCUT2D eigenvalue weighted by atomic mass is 16.3. The lowest BCUT2D eigenvalue weighted by Gasteiger charge is -2.02. The Morgan fingerprint density at radius 1 is 1.64 bits per heavy atom. The van der Waals surface area contributed by atoms with Crippen LogP contribution in [0, 0.1) is 13.0 Å². The number of aliphatic hydroxyl groups is 1. The van der Waals surface area contributed by atoms with Crippen molar-refractivity contribution < 1.29 is 5.11 Å². The molecule has 0 heterocycles. The molecule has 57 valence electrons. The predicted octanol–water partition coefficient (Wildman–Crippen LogP) is 1.77. The number of hydrogen-bond donors (Lipinski definition) is 1. The third-order valence-corrected chi connectivity index (χ3v) is 2.22. The lowest BCUT2D eigenvalue weighted by atomic mass is 10.1. The lowest BCUT2D eigenvalue weighted by molar-refractivity contribution is 0.180. The first-order chi connectivity index (χ1) is 5.27. The zero-order valence-corrected chi connectivity index (χ0v) is 6.59. The molecule has 1 radical (unpaired) electrons. The third-order valence-electron chi connectivity index (χ3n) is 2.22. The summed E-state index contributed by atoms with van der Waals surface area (Å²) < 4.78 is 0. The average molecular weight is 147 g/mol. The Bertz CT molecular complexity index is 278. The van der Waals surface area contributed by atoms with E-state index in [1.807, 2.05) is 6.07 Å². The van der Waals surface area contributed by atoms with Crippen LogP contribution in [0.3, 0.4) is 0 Å². The van der Waals surface area contributed by atoms with E-state index < -0.39 is 0 Å². The van der Waals surface area contributed by atoms with Crippen molar-refractivity contribution in [3.63, 3.8) is 0 Å². The van der Waals surface area contributed by atoms with Crippen molar-refractivity contribution in [1.82, 2.24) is 0 Å². The smallest absolute Gasteiger partial charge is 0.0801 e. The molecule has 0 aromatic heterocycles. The number of hydrogen-bond acceptors (Lipinski definition) is 1. The standard InChI is InChI=1S/C10H11O/c1-7-2-4-9-8(6-7)3-5-10(9)11/h2,6,10-11H,3,5H2,1H3. The monoisotopic (exact) mass is 147 g/mol. The summed E-state index contributed by atoms with van der Waals surface area (Å²) in [7, 11) is 0. The second-order valence-electron chi connectivity index (χ2n) is 3.17. The van der Waals surface area contributed by atoms with E-state index in [9.17, 15) is 5.11 Å². The zero-order chi connectivity index (χ0) is 7.84. The van der Waals surface area contributed by atoms with Crippen LogP contribution in [0.4, 0.5) is 0 Å². The van der Waals surface area contributed by atoms with Crippen molar-refractivity contribution in [2.45, 2.75) is 25.9 Å². The molecular weight excluding hydrogens is 136 g/mol. The topological polar surface area (TPSA) is 20.2 Å². The van der Waals surface area contributed by atoms with E-state index in [0.29, 0.717) is 0 Å². The van der Waals surface area contributed by atoms with Gasteiger partial charge in [-0.05, 0) is 37.0 Å². The molecule has 1 aromatic rings. The van der Waals surface area contributed by atoms with E-state index in [4.69, 9.17) is 0 Å². The minimum atomic E-state index is -0.259. The minimum absolute atomic E-state index is 0.259. The van der Waals surface area contributed by atoms with E-state index >= 15 is 0 Å². The molecule has 1 unspecified atom stereocenters. The lowest BCUT2D eigenvalue weighted by Crippen LogP contribution is -1.90. The van der Waals surface area contributed by atoms with Gasteiger partial charge in [0.2, 0.25) is 0 Å². The molecule has 1 aliphatic carbocycles. The Hall–Kier alpha value is -0.820. The maximum absolute atomic E-state index is 9.44. The van der Waals surface area contributed by atoms with Gasteiger partial charge >= 0.3 is 0 Å². The van der Waals surface area contributed by atoms with Crippen LogP contribution in [0.5, 0.6) is 0 Å². The van der Waals surface area contributed by atoms with Crippen molar-refractivity contribution in [2.75, 3.05) is 0 Å². The number of benzene rings is 1. The van der Waals surface area contributed by atoms with Crippen LogP contribution >= 0.6 is 0 Å². The quantitative estimate of drug-likeness (QED) is 0.593. The Labute approximate surface area is 66.7 Å². The first-order valence-corrected chi connectivity index (χ1v) is 3.96. The summed E-state index contributed by atoms with van der Waals surface area (Å²) in [5.74, 6) is 0. The largest absolute Gasteiger partial charge is 0.388 e. The Morgan fingerprint density at radius 2 is 2.45 bits per heavy atom. The van der Waals surface area contributed by atoms with E-state index in [1.54, 1.807) is 0 Å². The molecule has 1 heteroatoms. The van der Waals surface area contributed by atoms with Crippen LogP contribution in [0.2, 0.25) is 0 Å². The summed E-state index contributed by atoms with van der Waals surface area (Å²) in [4.78, 5) is 0. The third kappa shape index (κ3) is 1.05. The molecular formula is C10H11O. The Kier molecular flexibility index (Phi) is 1.46. The summed E-state index contributed by atoms with van der Waals surface area (Å²) in [6.45, 7) is 2.06. The molecule has 0 spiro atoms. The van der Waals surface area contributed by atoms with E-state index in [0.717, 1.165) is 18.4 Å². The van der Waals surface area contributed by atoms with Crippen LogP contribution in [-0.4, -0.2) is 5.11 Å². The second kappa shape index (κ2) is 2.35. The summed E-state index contributed by atoms with van der Waals surface area (Å²) in [6, 6.07) is 7.20. The maximum Gasteiger partial charge on any atom is 0.0801 e. The first-order valence-electron chi connectivity index (χ1n) is 3.96. The fourth-order valence-corrected chi connectivity index (χ4v) is 1.63. The molecule has 1 aliphatic rings. The highest BCUT2D eigenvalue weighted by Gasteiger charge is 2.19. The highest BCUT2D eigenvalue weighted by Crippen LogP contribution is 2.30. The maximum atomic E-state index is 9.44. The first kappa shape index (κ1) is 6.86. The molecule has 1 N–H and O–H groups in total. The Morgan fingerprint density at radius 3 is 3.27 bits per heavy atom. The van der Waals surface area contributed by atoms with Gasteiger partial charge in [0.15, 0.2) is 0 Å². The van der Waals surface area contributed by atoms with Gasteiger partial charge in [-0.3, -0.25) is 0 Å². The van der Waals surface area contributed by atoms with Crippen molar-refractivity contribution in [1.29, 1.82) is 0 Å². The fourth-order valence-electron chi connectivity index (χ4n) is 1.63. The van der Waals surface area contributed by atoms with Gasteiger partial charge < -0.3 is 5.11 Å². The van der Waals surface area contributed by atoms with Gasteiger partial charge in [-0.1, -0.05) is 17.7 Å². The minimum Gasteiger partial charge on any atom is -0.388 e. The molecule has 1 aromatic carbocycles. The van der Waals surface area contributed by atoms with Gasteiger partial charge in [-0.25, -0.2) is 0 Å². The molecule has 0 fully saturated rings. The van der Waals surface area contributed by atoms with Gasteiger partial charge in [-0.15, -0.1) is 0 Å². The molecule has 0 bridgehead atoms. The van der Waals surface area contributed by atoms with Gasteiger partial charge in [0.25, 0.3) is 0 Å².